The van der Waals surface area contributed by atoms with Gasteiger partial charge in [-0.1, -0.05) is 12.1 Å². The number of methoxy groups -OCH3 is 1. The third-order valence-electron chi connectivity index (χ3n) is 2.96. The van der Waals surface area contributed by atoms with Gasteiger partial charge in [0.05, 0.1) is 18.6 Å². The summed E-state index contributed by atoms with van der Waals surface area (Å²) in [7, 11) is 1.28. The molecule has 0 fully saturated rings. The van der Waals surface area contributed by atoms with E-state index >= 15 is 0 Å². The molecule has 0 aliphatic rings. The van der Waals surface area contributed by atoms with E-state index < -0.39 is 17.5 Å². The minimum Gasteiger partial charge on any atom is -0.469 e. The van der Waals surface area contributed by atoms with E-state index in [0.29, 0.717) is 0 Å². The Morgan fingerprint density at radius 3 is 2.47 bits per heavy atom. The Morgan fingerprint density at radius 1 is 1.47 bits per heavy atom. The lowest BCUT2D eigenvalue weighted by molar-refractivity contribution is -0.153. The van der Waals surface area contributed by atoms with Gasteiger partial charge in [-0.2, -0.15) is 0 Å². The van der Waals surface area contributed by atoms with Gasteiger partial charge in [-0.15, -0.1) is 0 Å². The van der Waals surface area contributed by atoms with Crippen LogP contribution in [0, 0.1) is 11.7 Å². The van der Waals surface area contributed by atoms with Crippen LogP contribution in [0.3, 0.4) is 0 Å². The van der Waals surface area contributed by atoms with Crippen molar-refractivity contribution in [2.75, 3.05) is 7.11 Å². The molecule has 1 N–H and O–H groups in total. The maximum absolute atomic E-state index is 12.7. The van der Waals surface area contributed by atoms with Gasteiger partial charge in [-0.3, -0.25) is 4.79 Å². The van der Waals surface area contributed by atoms with Crippen molar-refractivity contribution in [2.45, 2.75) is 25.9 Å². The summed E-state index contributed by atoms with van der Waals surface area (Å²) in [5.74, 6) is -1.43. The molecule has 0 spiro atoms. The molecule has 1 aromatic rings. The number of benzene rings is 1. The molecular formula is C13H17FO3. The van der Waals surface area contributed by atoms with Crippen LogP contribution in [0.4, 0.5) is 4.39 Å². The summed E-state index contributed by atoms with van der Waals surface area (Å²) in [5, 5.41) is 10.2. The molecular weight excluding hydrogens is 223 g/mol. The number of rotatable bonds is 4. The van der Waals surface area contributed by atoms with Crippen molar-refractivity contribution in [1.29, 1.82) is 0 Å². The third-order valence-corrected chi connectivity index (χ3v) is 2.96. The first-order valence-corrected chi connectivity index (χ1v) is 5.41. The first kappa shape index (κ1) is 13.6. The van der Waals surface area contributed by atoms with Gasteiger partial charge in [0.2, 0.25) is 0 Å². The van der Waals surface area contributed by atoms with E-state index in [-0.39, 0.29) is 12.2 Å². The van der Waals surface area contributed by atoms with Crippen LogP contribution < -0.4 is 0 Å². The minimum absolute atomic E-state index is 0.267. The standard InChI is InChI=1S/C13H17FO3/c1-9(12(15)17-3)13(2,16)8-10-4-6-11(14)7-5-10/h4-7,9,16H,8H2,1-3H3. The van der Waals surface area contributed by atoms with E-state index in [2.05, 4.69) is 4.74 Å². The number of hydrogen-bond acceptors (Lipinski definition) is 3. The van der Waals surface area contributed by atoms with Crippen LogP contribution in [0.1, 0.15) is 19.4 Å². The van der Waals surface area contributed by atoms with Crippen LogP contribution in [-0.4, -0.2) is 23.8 Å². The van der Waals surface area contributed by atoms with E-state index in [1.165, 1.54) is 19.2 Å². The molecule has 17 heavy (non-hydrogen) atoms. The van der Waals surface area contributed by atoms with Gasteiger partial charge >= 0.3 is 5.97 Å². The second-order valence-electron chi connectivity index (χ2n) is 4.41. The number of halogens is 1. The van der Waals surface area contributed by atoms with E-state index in [9.17, 15) is 14.3 Å². The lowest BCUT2D eigenvalue weighted by atomic mass is 9.85. The fraction of sp³-hybridized carbons (Fsp3) is 0.462. The zero-order chi connectivity index (χ0) is 13.1. The summed E-state index contributed by atoms with van der Waals surface area (Å²) in [4.78, 5) is 11.4. The van der Waals surface area contributed by atoms with Crippen LogP contribution in [-0.2, 0) is 16.0 Å². The monoisotopic (exact) mass is 240 g/mol. The predicted octanol–water partition coefficient (Wildman–Crippen LogP) is 1.93. The van der Waals surface area contributed by atoms with Crippen molar-refractivity contribution < 1.29 is 19.0 Å². The molecule has 4 heteroatoms. The average Bonchev–Trinajstić information content (AvgIpc) is 2.30. The molecule has 0 bridgehead atoms. The summed E-state index contributed by atoms with van der Waals surface area (Å²) in [6.07, 6.45) is 0.267. The molecule has 0 aliphatic carbocycles. The summed E-state index contributed by atoms with van der Waals surface area (Å²) >= 11 is 0. The number of hydrogen-bond donors (Lipinski definition) is 1. The smallest absolute Gasteiger partial charge is 0.311 e. The number of carbonyl (C=O) groups is 1. The summed E-state index contributed by atoms with van der Waals surface area (Å²) in [6.45, 7) is 3.17. The van der Waals surface area contributed by atoms with E-state index in [1.54, 1.807) is 26.0 Å². The third kappa shape index (κ3) is 3.53. The molecule has 0 heterocycles. The average molecular weight is 240 g/mol. The second kappa shape index (κ2) is 5.27. The SMILES string of the molecule is COC(=O)C(C)C(C)(O)Cc1ccc(F)cc1. The zero-order valence-electron chi connectivity index (χ0n) is 10.2. The molecule has 0 radical (unpaired) electrons. The second-order valence-corrected chi connectivity index (χ2v) is 4.41. The highest BCUT2D eigenvalue weighted by Crippen LogP contribution is 2.23. The number of ether oxygens (including phenoxy) is 1. The molecule has 2 unspecified atom stereocenters. The van der Waals surface area contributed by atoms with Crippen LogP contribution in [0.2, 0.25) is 0 Å². The van der Waals surface area contributed by atoms with Gasteiger partial charge in [-0.25, -0.2) is 4.39 Å². The highest BCUT2D eigenvalue weighted by atomic mass is 19.1. The fourth-order valence-electron chi connectivity index (χ4n) is 1.60. The van der Waals surface area contributed by atoms with Gasteiger partial charge in [-0.05, 0) is 31.5 Å². The van der Waals surface area contributed by atoms with Crippen molar-refractivity contribution >= 4 is 5.97 Å². The lowest BCUT2D eigenvalue weighted by Crippen LogP contribution is -2.40. The van der Waals surface area contributed by atoms with Gasteiger partial charge in [0, 0.05) is 6.42 Å². The molecule has 0 saturated heterocycles. The van der Waals surface area contributed by atoms with E-state index in [4.69, 9.17) is 0 Å². The van der Waals surface area contributed by atoms with Gasteiger partial charge in [0.15, 0.2) is 0 Å². The molecule has 3 nitrogen and oxygen atoms in total. The number of esters is 1. The highest BCUT2D eigenvalue weighted by molar-refractivity contribution is 5.73. The Hall–Kier alpha value is -1.42. The topological polar surface area (TPSA) is 46.5 Å². The van der Waals surface area contributed by atoms with E-state index in [0.717, 1.165) is 5.56 Å². The van der Waals surface area contributed by atoms with Crippen molar-refractivity contribution in [3.8, 4) is 0 Å². The van der Waals surface area contributed by atoms with Crippen molar-refractivity contribution in [2.24, 2.45) is 5.92 Å². The zero-order valence-corrected chi connectivity index (χ0v) is 10.2. The molecule has 2 atom stereocenters. The molecule has 1 aromatic carbocycles. The Morgan fingerprint density at radius 2 is 2.00 bits per heavy atom. The van der Waals surface area contributed by atoms with Crippen LogP contribution in [0.15, 0.2) is 24.3 Å². The Balaban J connectivity index is 2.78. The largest absolute Gasteiger partial charge is 0.469 e. The van der Waals surface area contributed by atoms with Crippen molar-refractivity contribution in [1.82, 2.24) is 0 Å². The summed E-state index contributed by atoms with van der Waals surface area (Å²) in [5.41, 5.74) is -0.447. The summed E-state index contributed by atoms with van der Waals surface area (Å²) in [6, 6.07) is 5.84. The quantitative estimate of drug-likeness (QED) is 0.818. The Bertz CT molecular complexity index is 384. The van der Waals surface area contributed by atoms with Crippen LogP contribution in [0.5, 0.6) is 0 Å². The van der Waals surface area contributed by atoms with Crippen molar-refractivity contribution in [3.63, 3.8) is 0 Å². The molecule has 1 rings (SSSR count). The molecule has 0 saturated carbocycles. The number of aliphatic hydroxyl groups is 1. The normalized spacial score (nSPS) is 16.1. The van der Waals surface area contributed by atoms with Gasteiger partial charge < -0.3 is 9.84 Å². The van der Waals surface area contributed by atoms with Crippen molar-refractivity contribution in [3.05, 3.63) is 35.6 Å². The van der Waals surface area contributed by atoms with Gasteiger partial charge in [0.1, 0.15) is 5.82 Å². The maximum Gasteiger partial charge on any atom is 0.311 e. The van der Waals surface area contributed by atoms with Gasteiger partial charge in [0.25, 0.3) is 0 Å². The first-order valence-electron chi connectivity index (χ1n) is 5.41. The molecule has 94 valence electrons. The van der Waals surface area contributed by atoms with E-state index in [1.807, 2.05) is 0 Å². The van der Waals surface area contributed by atoms with Crippen LogP contribution >= 0.6 is 0 Å². The number of carbonyl (C=O) groups excluding carboxylic acids is 1. The first-order chi connectivity index (χ1) is 7.86. The molecule has 0 aromatic heterocycles. The lowest BCUT2D eigenvalue weighted by Gasteiger charge is -2.28. The summed E-state index contributed by atoms with van der Waals surface area (Å²) < 4.78 is 17.3. The Labute approximate surface area is 100 Å². The highest BCUT2D eigenvalue weighted by Gasteiger charge is 2.34. The maximum atomic E-state index is 12.7. The minimum atomic E-state index is -1.22. The predicted molar refractivity (Wildman–Crippen MR) is 61.9 cm³/mol. The fourth-order valence-corrected chi connectivity index (χ4v) is 1.60. The molecule has 0 amide bonds. The Kier molecular flexibility index (Phi) is 4.23. The van der Waals surface area contributed by atoms with Crippen LogP contribution in [0.25, 0.3) is 0 Å². The molecule has 0 aliphatic heterocycles.